The van der Waals surface area contributed by atoms with Crippen LogP contribution in [-0.2, 0) is 9.59 Å². The molecule has 128 valence electrons. The molecule has 0 radical (unpaired) electrons. The topological polar surface area (TPSA) is 84.9 Å². The fourth-order valence-corrected chi connectivity index (χ4v) is 3.86. The number of hydrogen-bond acceptors (Lipinski definition) is 4. The molecular formula is C18H21NO5. The zero-order chi connectivity index (χ0) is 16.7. The van der Waals surface area contributed by atoms with Gasteiger partial charge in [0.25, 0.3) is 0 Å². The monoisotopic (exact) mass is 331 g/mol. The van der Waals surface area contributed by atoms with Crippen LogP contribution in [-0.4, -0.2) is 36.2 Å². The van der Waals surface area contributed by atoms with Crippen molar-refractivity contribution in [3.05, 3.63) is 23.8 Å². The van der Waals surface area contributed by atoms with Crippen LogP contribution in [0.5, 0.6) is 11.5 Å². The van der Waals surface area contributed by atoms with E-state index in [0.717, 1.165) is 36.3 Å². The van der Waals surface area contributed by atoms with Gasteiger partial charge in [0.2, 0.25) is 5.91 Å². The molecule has 4 rings (SSSR count). The van der Waals surface area contributed by atoms with Gasteiger partial charge in [-0.25, -0.2) is 0 Å². The number of carbonyl (C=O) groups is 2. The highest BCUT2D eigenvalue weighted by Crippen LogP contribution is 2.49. The van der Waals surface area contributed by atoms with Crippen LogP contribution in [0, 0.1) is 11.8 Å². The second-order valence-electron chi connectivity index (χ2n) is 6.84. The van der Waals surface area contributed by atoms with Crippen molar-refractivity contribution in [3.8, 4) is 11.5 Å². The number of benzene rings is 1. The zero-order valence-electron chi connectivity index (χ0n) is 13.4. The number of rotatable bonds is 4. The van der Waals surface area contributed by atoms with E-state index in [4.69, 9.17) is 9.47 Å². The fraction of sp³-hybridized carbons (Fsp3) is 0.556. The summed E-state index contributed by atoms with van der Waals surface area (Å²) >= 11 is 0. The molecule has 6 nitrogen and oxygen atoms in total. The summed E-state index contributed by atoms with van der Waals surface area (Å²) in [5.41, 5.74) is 1.08. The van der Waals surface area contributed by atoms with Gasteiger partial charge in [-0.2, -0.15) is 0 Å². The highest BCUT2D eigenvalue weighted by Gasteiger charge is 2.46. The maximum atomic E-state index is 12.4. The van der Waals surface area contributed by atoms with E-state index >= 15 is 0 Å². The van der Waals surface area contributed by atoms with E-state index in [2.05, 4.69) is 5.32 Å². The molecule has 1 aromatic carbocycles. The summed E-state index contributed by atoms with van der Waals surface area (Å²) in [5.74, 6) is 0.340. The molecule has 2 saturated carbocycles. The molecule has 2 aliphatic carbocycles. The van der Waals surface area contributed by atoms with Gasteiger partial charge >= 0.3 is 5.97 Å². The molecule has 2 N–H and O–H groups in total. The number of aliphatic carboxylic acids is 1. The van der Waals surface area contributed by atoms with Crippen LogP contribution in [0.15, 0.2) is 18.2 Å². The Kier molecular flexibility index (Phi) is 3.82. The van der Waals surface area contributed by atoms with Gasteiger partial charge in [-0.15, -0.1) is 0 Å². The minimum absolute atomic E-state index is 0.0203. The first kappa shape index (κ1) is 15.3. The standard InChI is InChI=1S/C18H21NO5/c20-17(19-14-3-1-2-11(14)18(21)22)13-9-12(13)10-4-5-15-16(8-10)24-7-6-23-15/h4-5,8,11-14H,1-3,6-7,9H2,(H,19,20)(H,21,22)/t11-,12?,13?,14+/m1/s1. The van der Waals surface area contributed by atoms with E-state index in [-0.39, 0.29) is 23.8 Å². The van der Waals surface area contributed by atoms with Crippen LogP contribution in [0.3, 0.4) is 0 Å². The van der Waals surface area contributed by atoms with Gasteiger partial charge in [0.15, 0.2) is 11.5 Å². The van der Waals surface area contributed by atoms with Crippen molar-refractivity contribution < 1.29 is 24.2 Å². The SMILES string of the molecule is O=C(N[C@H]1CCC[C@H]1C(=O)O)C1CC1c1ccc2c(c1)OCCO2. The fourth-order valence-electron chi connectivity index (χ4n) is 3.86. The van der Waals surface area contributed by atoms with Crippen molar-refractivity contribution in [2.75, 3.05) is 13.2 Å². The van der Waals surface area contributed by atoms with E-state index in [1.807, 2.05) is 18.2 Å². The third-order valence-corrected chi connectivity index (χ3v) is 5.28. The molecule has 1 heterocycles. The first-order valence-corrected chi connectivity index (χ1v) is 8.56. The summed E-state index contributed by atoms with van der Waals surface area (Å²) in [6, 6.07) is 5.62. The number of ether oxygens (including phenoxy) is 2. The molecule has 0 spiro atoms. The van der Waals surface area contributed by atoms with E-state index in [1.54, 1.807) is 0 Å². The van der Waals surface area contributed by atoms with Crippen molar-refractivity contribution in [2.45, 2.75) is 37.6 Å². The largest absolute Gasteiger partial charge is 0.486 e. The Morgan fingerprint density at radius 2 is 1.88 bits per heavy atom. The lowest BCUT2D eigenvalue weighted by Crippen LogP contribution is -2.41. The summed E-state index contributed by atoms with van der Waals surface area (Å²) in [4.78, 5) is 23.7. The van der Waals surface area contributed by atoms with Crippen LogP contribution in [0.2, 0.25) is 0 Å². The van der Waals surface area contributed by atoms with Gasteiger partial charge in [-0.3, -0.25) is 9.59 Å². The molecule has 0 saturated heterocycles. The van der Waals surface area contributed by atoms with Crippen molar-refractivity contribution in [2.24, 2.45) is 11.8 Å². The maximum Gasteiger partial charge on any atom is 0.308 e. The molecule has 2 unspecified atom stereocenters. The van der Waals surface area contributed by atoms with E-state index < -0.39 is 11.9 Å². The highest BCUT2D eigenvalue weighted by atomic mass is 16.6. The number of nitrogens with one attached hydrogen (secondary N) is 1. The van der Waals surface area contributed by atoms with Crippen molar-refractivity contribution >= 4 is 11.9 Å². The Morgan fingerprint density at radius 1 is 1.08 bits per heavy atom. The molecule has 24 heavy (non-hydrogen) atoms. The maximum absolute atomic E-state index is 12.4. The van der Waals surface area contributed by atoms with Crippen molar-refractivity contribution in [3.63, 3.8) is 0 Å². The Bertz CT molecular complexity index is 673. The first-order valence-electron chi connectivity index (χ1n) is 8.56. The number of fused-ring (bicyclic) bond motifs is 1. The molecule has 1 aromatic rings. The number of carboxylic acids is 1. The number of carbonyl (C=O) groups excluding carboxylic acids is 1. The normalized spacial score (nSPS) is 30.7. The number of carboxylic acid groups (broad SMARTS) is 1. The summed E-state index contributed by atoms with van der Waals surface area (Å²) < 4.78 is 11.1. The molecule has 1 amide bonds. The lowest BCUT2D eigenvalue weighted by molar-refractivity contribution is -0.142. The lowest BCUT2D eigenvalue weighted by atomic mass is 10.0. The third-order valence-electron chi connectivity index (χ3n) is 5.28. The van der Waals surface area contributed by atoms with E-state index in [9.17, 15) is 14.7 Å². The second-order valence-corrected chi connectivity index (χ2v) is 6.84. The molecule has 1 aliphatic heterocycles. The Labute approximate surface area is 140 Å². The van der Waals surface area contributed by atoms with Crippen molar-refractivity contribution in [1.82, 2.24) is 5.32 Å². The number of amides is 1. The van der Waals surface area contributed by atoms with Crippen LogP contribution < -0.4 is 14.8 Å². The summed E-state index contributed by atoms with van der Waals surface area (Å²) in [5, 5.41) is 12.2. The van der Waals surface area contributed by atoms with Crippen LogP contribution in [0.25, 0.3) is 0 Å². The number of hydrogen-bond donors (Lipinski definition) is 2. The molecule has 3 aliphatic rings. The van der Waals surface area contributed by atoms with E-state index in [1.165, 1.54) is 0 Å². The zero-order valence-corrected chi connectivity index (χ0v) is 13.4. The van der Waals surface area contributed by atoms with Crippen LogP contribution in [0.4, 0.5) is 0 Å². The molecule has 0 aromatic heterocycles. The highest BCUT2D eigenvalue weighted by molar-refractivity contribution is 5.84. The predicted octanol–water partition coefficient (Wildman–Crippen LogP) is 1.93. The summed E-state index contributed by atoms with van der Waals surface area (Å²) in [6.07, 6.45) is 3.06. The third kappa shape index (κ3) is 2.81. The smallest absolute Gasteiger partial charge is 0.308 e. The molecule has 4 atom stereocenters. The average Bonchev–Trinajstić information content (AvgIpc) is 3.26. The first-order chi connectivity index (χ1) is 11.6. The Morgan fingerprint density at radius 3 is 2.67 bits per heavy atom. The molecule has 2 fully saturated rings. The van der Waals surface area contributed by atoms with Crippen LogP contribution in [0.1, 0.15) is 37.2 Å². The van der Waals surface area contributed by atoms with Gasteiger partial charge in [-0.05, 0) is 42.9 Å². The van der Waals surface area contributed by atoms with Gasteiger partial charge in [0, 0.05) is 12.0 Å². The van der Waals surface area contributed by atoms with Gasteiger partial charge < -0.3 is 19.9 Å². The summed E-state index contributed by atoms with van der Waals surface area (Å²) in [6.45, 7) is 1.11. The quantitative estimate of drug-likeness (QED) is 0.881. The van der Waals surface area contributed by atoms with Gasteiger partial charge in [0.1, 0.15) is 13.2 Å². The Hall–Kier alpha value is -2.24. The minimum Gasteiger partial charge on any atom is -0.486 e. The Balaban J connectivity index is 1.39. The summed E-state index contributed by atoms with van der Waals surface area (Å²) in [7, 11) is 0. The average molecular weight is 331 g/mol. The van der Waals surface area contributed by atoms with Gasteiger partial charge in [-0.1, -0.05) is 12.5 Å². The predicted molar refractivity (Wildman–Crippen MR) is 85.2 cm³/mol. The van der Waals surface area contributed by atoms with E-state index in [0.29, 0.717) is 19.6 Å². The van der Waals surface area contributed by atoms with Gasteiger partial charge in [0.05, 0.1) is 5.92 Å². The molecular weight excluding hydrogens is 310 g/mol. The van der Waals surface area contributed by atoms with Crippen LogP contribution >= 0.6 is 0 Å². The molecule has 0 bridgehead atoms. The lowest BCUT2D eigenvalue weighted by Gasteiger charge is -2.19. The molecule has 6 heteroatoms. The second kappa shape index (κ2) is 6.00. The van der Waals surface area contributed by atoms with Crippen molar-refractivity contribution in [1.29, 1.82) is 0 Å². The minimum atomic E-state index is -0.808.